The highest BCUT2D eigenvalue weighted by atomic mass is 16.3. The van der Waals surface area contributed by atoms with Crippen molar-refractivity contribution in [3.05, 3.63) is 22.8 Å². The van der Waals surface area contributed by atoms with Gasteiger partial charge < -0.3 is 5.11 Å². The fraction of sp³-hybridized carbons (Fsp3) is 0.871. The van der Waals surface area contributed by atoms with Crippen LogP contribution in [0.1, 0.15) is 127 Å². The van der Waals surface area contributed by atoms with E-state index in [1.54, 1.807) is 0 Å². The van der Waals surface area contributed by atoms with Crippen LogP contribution in [0.5, 0.6) is 0 Å². The average molecular weight is 441 g/mol. The predicted molar refractivity (Wildman–Crippen MR) is 137 cm³/mol. The van der Waals surface area contributed by atoms with Crippen LogP contribution in [0.15, 0.2) is 22.8 Å². The van der Waals surface area contributed by atoms with Crippen molar-refractivity contribution in [1.82, 2.24) is 0 Å². The zero-order chi connectivity index (χ0) is 23.7. The van der Waals surface area contributed by atoms with Gasteiger partial charge in [-0.15, -0.1) is 0 Å². The molecule has 1 nitrogen and oxygen atoms in total. The van der Waals surface area contributed by atoms with Gasteiger partial charge in [-0.25, -0.2) is 0 Å². The molecule has 0 amide bonds. The average Bonchev–Trinajstić information content (AvgIpc) is 2.97. The lowest BCUT2D eigenvalue weighted by atomic mass is 9.41. The molecule has 0 aromatic rings. The molecule has 0 saturated heterocycles. The molecular weight excluding hydrogens is 388 g/mol. The highest BCUT2D eigenvalue weighted by Gasteiger charge is 2.64. The van der Waals surface area contributed by atoms with Crippen LogP contribution in [0.3, 0.4) is 0 Å². The largest absolute Gasteiger partial charge is 0.390 e. The van der Waals surface area contributed by atoms with Crippen molar-refractivity contribution >= 4 is 0 Å². The number of hydrogen-bond donors (Lipinski definition) is 1. The Kier molecular flexibility index (Phi) is 5.93. The number of rotatable bonds is 4. The Morgan fingerprint density at radius 1 is 0.938 bits per heavy atom. The molecule has 0 heterocycles. The summed E-state index contributed by atoms with van der Waals surface area (Å²) in [4.78, 5) is 0. The van der Waals surface area contributed by atoms with Crippen LogP contribution in [0.4, 0.5) is 0 Å². The van der Waals surface area contributed by atoms with E-state index in [0.717, 1.165) is 18.3 Å². The van der Waals surface area contributed by atoms with Gasteiger partial charge in [0, 0.05) is 0 Å². The molecule has 0 radical (unpaired) electrons. The molecule has 182 valence electrons. The van der Waals surface area contributed by atoms with E-state index >= 15 is 0 Å². The third kappa shape index (κ3) is 3.26. The number of aliphatic hydroxyl groups is 1. The lowest BCUT2D eigenvalue weighted by Gasteiger charge is -2.64. The first kappa shape index (κ1) is 24.6. The molecule has 4 aliphatic carbocycles. The van der Waals surface area contributed by atoms with Crippen LogP contribution in [0, 0.1) is 39.4 Å². The molecule has 7 unspecified atom stereocenters. The first-order valence-electron chi connectivity index (χ1n) is 13.8. The van der Waals surface area contributed by atoms with Crippen molar-refractivity contribution < 1.29 is 5.11 Å². The molecule has 0 aliphatic heterocycles. The molecule has 2 fully saturated rings. The molecule has 0 spiro atoms. The van der Waals surface area contributed by atoms with Crippen LogP contribution < -0.4 is 0 Å². The second-order valence-electron chi connectivity index (χ2n) is 14.2. The SMILES string of the molecule is CC(C)=CCCC(C)C1CCC2(C)C3=C(CCC12C)C1(C)CCC(C)(O)C(C)(C)C1CC3. The minimum absolute atomic E-state index is 0.0160. The van der Waals surface area contributed by atoms with E-state index in [1.165, 1.54) is 63.4 Å². The van der Waals surface area contributed by atoms with Gasteiger partial charge in [-0.1, -0.05) is 64.3 Å². The van der Waals surface area contributed by atoms with Crippen LogP contribution >= 0.6 is 0 Å². The fourth-order valence-electron chi connectivity index (χ4n) is 9.59. The van der Waals surface area contributed by atoms with Gasteiger partial charge in [0.15, 0.2) is 0 Å². The minimum Gasteiger partial charge on any atom is -0.390 e. The second-order valence-corrected chi connectivity index (χ2v) is 14.2. The van der Waals surface area contributed by atoms with Crippen molar-refractivity contribution in [3.63, 3.8) is 0 Å². The Morgan fingerprint density at radius 2 is 1.62 bits per heavy atom. The van der Waals surface area contributed by atoms with E-state index in [1.807, 2.05) is 11.1 Å². The van der Waals surface area contributed by atoms with Gasteiger partial charge in [0.1, 0.15) is 0 Å². The van der Waals surface area contributed by atoms with E-state index in [9.17, 15) is 5.11 Å². The lowest BCUT2D eigenvalue weighted by Crippen LogP contribution is -2.59. The third-order valence-corrected chi connectivity index (χ3v) is 12.4. The minimum atomic E-state index is -0.540. The molecule has 0 aromatic carbocycles. The van der Waals surface area contributed by atoms with Crippen molar-refractivity contribution in [3.8, 4) is 0 Å². The summed E-state index contributed by atoms with van der Waals surface area (Å²) in [7, 11) is 0. The normalized spacial score (nSPS) is 46.2. The molecule has 4 rings (SSSR count). The van der Waals surface area contributed by atoms with Gasteiger partial charge in [-0.3, -0.25) is 0 Å². The standard InChI is InChI=1S/C31H52O/c1-21(2)11-10-12-22(3)23-15-17-30(8)25-13-14-26-27(4,5)31(9,32)20-19-28(26,6)24(25)16-18-29(23,30)7/h11,22-23,26,32H,10,12-20H2,1-9H3. The molecule has 32 heavy (non-hydrogen) atoms. The quantitative estimate of drug-likeness (QED) is 0.433. The maximum absolute atomic E-state index is 11.3. The molecule has 1 N–H and O–H groups in total. The van der Waals surface area contributed by atoms with Crippen LogP contribution in [-0.2, 0) is 0 Å². The van der Waals surface area contributed by atoms with Gasteiger partial charge in [0.25, 0.3) is 0 Å². The van der Waals surface area contributed by atoms with Gasteiger partial charge in [0.05, 0.1) is 5.60 Å². The molecule has 0 bridgehead atoms. The van der Waals surface area contributed by atoms with Crippen molar-refractivity contribution in [2.45, 2.75) is 132 Å². The van der Waals surface area contributed by atoms with Crippen LogP contribution in [0.25, 0.3) is 0 Å². The number of hydrogen-bond acceptors (Lipinski definition) is 1. The van der Waals surface area contributed by atoms with Gasteiger partial charge in [0.2, 0.25) is 0 Å². The fourth-order valence-corrected chi connectivity index (χ4v) is 9.59. The van der Waals surface area contributed by atoms with Crippen molar-refractivity contribution in [2.75, 3.05) is 0 Å². The smallest absolute Gasteiger partial charge is 0.0673 e. The van der Waals surface area contributed by atoms with Crippen LogP contribution in [-0.4, -0.2) is 10.7 Å². The Balaban J connectivity index is 1.66. The molecule has 2 saturated carbocycles. The third-order valence-electron chi connectivity index (χ3n) is 12.4. The van der Waals surface area contributed by atoms with Crippen LogP contribution in [0.2, 0.25) is 0 Å². The summed E-state index contributed by atoms with van der Waals surface area (Å²) in [6.07, 6.45) is 15.2. The maximum atomic E-state index is 11.3. The van der Waals surface area contributed by atoms with Gasteiger partial charge in [-0.2, -0.15) is 0 Å². The number of allylic oxidation sites excluding steroid dienone is 4. The molecular formula is C31H52O. The summed E-state index contributed by atoms with van der Waals surface area (Å²) < 4.78 is 0. The van der Waals surface area contributed by atoms with E-state index in [2.05, 4.69) is 68.4 Å². The van der Waals surface area contributed by atoms with Gasteiger partial charge >= 0.3 is 0 Å². The molecule has 7 atom stereocenters. The highest BCUT2D eigenvalue weighted by molar-refractivity contribution is 5.39. The Labute approximate surface area is 199 Å². The summed E-state index contributed by atoms with van der Waals surface area (Å²) in [5.41, 5.74) is 5.75. The first-order valence-corrected chi connectivity index (χ1v) is 13.8. The van der Waals surface area contributed by atoms with E-state index in [4.69, 9.17) is 0 Å². The summed E-state index contributed by atoms with van der Waals surface area (Å²) in [6.45, 7) is 21.8. The Hall–Kier alpha value is -0.560. The number of fused-ring (bicyclic) bond motifs is 4. The summed E-state index contributed by atoms with van der Waals surface area (Å²) in [5.74, 6) is 2.28. The second kappa shape index (κ2) is 7.73. The summed E-state index contributed by atoms with van der Waals surface area (Å²) in [6, 6.07) is 0. The molecule has 1 heteroatoms. The predicted octanol–water partition coefficient (Wildman–Crippen LogP) is 8.87. The monoisotopic (exact) mass is 440 g/mol. The Bertz CT molecular complexity index is 808. The zero-order valence-electron chi connectivity index (χ0n) is 22.8. The summed E-state index contributed by atoms with van der Waals surface area (Å²) >= 11 is 0. The van der Waals surface area contributed by atoms with Gasteiger partial charge in [-0.05, 0) is 124 Å². The van der Waals surface area contributed by atoms with E-state index in [-0.39, 0.29) is 10.8 Å². The van der Waals surface area contributed by atoms with Crippen molar-refractivity contribution in [2.24, 2.45) is 39.4 Å². The van der Waals surface area contributed by atoms with Crippen molar-refractivity contribution in [1.29, 1.82) is 0 Å². The lowest BCUT2D eigenvalue weighted by molar-refractivity contribution is -0.158. The highest BCUT2D eigenvalue weighted by Crippen LogP contribution is 2.73. The topological polar surface area (TPSA) is 20.2 Å². The zero-order valence-corrected chi connectivity index (χ0v) is 22.8. The van der Waals surface area contributed by atoms with E-state index in [0.29, 0.717) is 16.7 Å². The molecule has 4 aliphatic rings. The summed E-state index contributed by atoms with van der Waals surface area (Å²) in [5, 5.41) is 11.3. The Morgan fingerprint density at radius 3 is 2.28 bits per heavy atom. The first-order chi connectivity index (χ1) is 14.7. The molecule has 0 aromatic heterocycles. The van der Waals surface area contributed by atoms with E-state index < -0.39 is 5.60 Å². The maximum Gasteiger partial charge on any atom is 0.0673 e.